The van der Waals surface area contributed by atoms with E-state index in [-0.39, 0.29) is 11.3 Å². The summed E-state index contributed by atoms with van der Waals surface area (Å²) in [5.41, 5.74) is 0.831. The molecule has 0 atom stereocenters. The number of nitrogens with zero attached hydrogens (tertiary/aromatic N) is 3. The van der Waals surface area contributed by atoms with Crippen LogP contribution in [0, 0.1) is 5.82 Å². The highest BCUT2D eigenvalue weighted by Gasteiger charge is 2.11. The van der Waals surface area contributed by atoms with Gasteiger partial charge in [-0.3, -0.25) is 4.98 Å². The molecule has 0 aliphatic carbocycles. The summed E-state index contributed by atoms with van der Waals surface area (Å²) in [5.74, 6) is 0.301. The average Bonchev–Trinajstić information content (AvgIpc) is 2.98. The van der Waals surface area contributed by atoms with Crippen LogP contribution in [-0.2, 0) is 0 Å². The van der Waals surface area contributed by atoms with Gasteiger partial charge in [0.1, 0.15) is 10.7 Å². The zero-order valence-corrected chi connectivity index (χ0v) is 9.24. The Morgan fingerprint density at radius 3 is 2.65 bits per heavy atom. The second-order valence-corrected chi connectivity index (χ2v) is 4.06. The van der Waals surface area contributed by atoms with Crippen LogP contribution < -0.4 is 0 Å². The van der Waals surface area contributed by atoms with E-state index in [1.807, 2.05) is 0 Å². The van der Waals surface area contributed by atoms with E-state index >= 15 is 0 Å². The monoisotopic (exact) mass is 248 g/mol. The maximum absolute atomic E-state index is 12.8. The number of thiazole rings is 1. The van der Waals surface area contributed by atoms with E-state index in [9.17, 15) is 4.39 Å². The Kier molecular flexibility index (Phi) is 2.15. The number of hydrogen-bond acceptors (Lipinski definition) is 5. The van der Waals surface area contributed by atoms with Crippen LogP contribution in [0.1, 0.15) is 1.37 Å². The average molecular weight is 248 g/mol. The second-order valence-electron chi connectivity index (χ2n) is 3.24. The highest BCUT2D eigenvalue weighted by Crippen LogP contribution is 2.25. The Labute approximate surface area is 101 Å². The van der Waals surface area contributed by atoms with Gasteiger partial charge in [0, 0.05) is 5.56 Å². The number of halogens is 1. The summed E-state index contributed by atoms with van der Waals surface area (Å²) in [7, 11) is 0. The van der Waals surface area contributed by atoms with Crippen molar-refractivity contribution < 1.29 is 10.2 Å². The lowest BCUT2D eigenvalue weighted by atomic mass is 10.2. The Hall–Kier alpha value is -2.08. The molecule has 0 N–H and O–H groups in total. The summed E-state index contributed by atoms with van der Waals surface area (Å²) < 4.78 is 25.6. The second kappa shape index (κ2) is 4.06. The van der Waals surface area contributed by atoms with E-state index in [1.54, 1.807) is 12.1 Å². The van der Waals surface area contributed by atoms with Gasteiger partial charge < -0.3 is 4.42 Å². The van der Waals surface area contributed by atoms with Crippen molar-refractivity contribution in [3.05, 3.63) is 41.8 Å². The quantitative estimate of drug-likeness (QED) is 0.699. The van der Waals surface area contributed by atoms with Crippen LogP contribution in [0.4, 0.5) is 4.39 Å². The molecule has 3 rings (SSSR count). The van der Waals surface area contributed by atoms with Gasteiger partial charge in [-0.2, -0.15) is 0 Å². The van der Waals surface area contributed by atoms with Gasteiger partial charge in [-0.05, 0) is 24.3 Å². The number of benzene rings is 1. The fourth-order valence-corrected chi connectivity index (χ4v) is 1.80. The van der Waals surface area contributed by atoms with Gasteiger partial charge in [-0.15, -0.1) is 21.5 Å². The summed E-state index contributed by atoms with van der Waals surface area (Å²) in [6, 6.07) is 5.78. The highest BCUT2D eigenvalue weighted by molar-refractivity contribution is 7.13. The van der Waals surface area contributed by atoms with Crippen molar-refractivity contribution >= 4 is 11.3 Å². The molecule has 0 aliphatic rings. The van der Waals surface area contributed by atoms with Gasteiger partial charge in [-0.25, -0.2) is 4.39 Å². The summed E-state index contributed by atoms with van der Waals surface area (Å²) in [5, 5.41) is 7.76. The summed E-state index contributed by atoms with van der Waals surface area (Å²) >= 11 is 1.15. The minimum Gasteiger partial charge on any atom is -0.415 e. The van der Waals surface area contributed by atoms with Crippen molar-refractivity contribution in [3.63, 3.8) is 0 Å². The Balaban J connectivity index is 1.96. The first-order valence-electron chi connectivity index (χ1n) is 5.24. The molecule has 84 valence electrons. The number of aromatic nitrogens is 3. The largest absolute Gasteiger partial charge is 0.415 e. The van der Waals surface area contributed by atoms with Crippen LogP contribution in [0.5, 0.6) is 0 Å². The summed E-state index contributed by atoms with van der Waals surface area (Å²) in [6.45, 7) is 0. The molecular formula is C11H6FN3OS. The zero-order chi connectivity index (χ0) is 12.5. The zero-order valence-electron chi connectivity index (χ0n) is 9.42. The first-order chi connectivity index (χ1) is 8.72. The van der Waals surface area contributed by atoms with Crippen molar-refractivity contribution in [2.45, 2.75) is 0 Å². The normalized spacial score (nSPS) is 11.5. The van der Waals surface area contributed by atoms with Crippen molar-refractivity contribution in [2.24, 2.45) is 0 Å². The minimum absolute atomic E-state index is 0.187. The lowest BCUT2D eigenvalue weighted by Crippen LogP contribution is -1.78. The fourth-order valence-electron chi connectivity index (χ4n) is 1.32. The molecule has 0 spiro atoms. The van der Waals surface area contributed by atoms with Crippen LogP contribution in [0.25, 0.3) is 22.2 Å². The van der Waals surface area contributed by atoms with Crippen molar-refractivity contribution in [1.29, 1.82) is 0 Å². The van der Waals surface area contributed by atoms with Crippen LogP contribution in [-0.4, -0.2) is 15.2 Å². The molecule has 0 saturated carbocycles. The first kappa shape index (κ1) is 9.00. The van der Waals surface area contributed by atoms with Crippen LogP contribution in [0.3, 0.4) is 0 Å². The van der Waals surface area contributed by atoms with Gasteiger partial charge in [0.05, 0.1) is 13.1 Å². The summed E-state index contributed by atoms with van der Waals surface area (Å²) in [4.78, 5) is 4.43. The molecule has 1 aromatic carbocycles. The lowest BCUT2D eigenvalue weighted by molar-refractivity contribution is 0.585. The lowest BCUT2D eigenvalue weighted by Gasteiger charge is -1.93. The molecule has 4 nitrogen and oxygen atoms in total. The molecule has 2 heterocycles. The molecule has 0 fully saturated rings. The summed E-state index contributed by atoms with van der Waals surface area (Å²) in [6.07, 6.45) is 1.51. The number of rotatable bonds is 2. The molecule has 0 unspecified atom stereocenters. The third-order valence-corrected chi connectivity index (χ3v) is 2.81. The predicted octanol–water partition coefficient (Wildman–Crippen LogP) is 3.00. The van der Waals surface area contributed by atoms with Gasteiger partial charge in [0.2, 0.25) is 5.89 Å². The van der Waals surface area contributed by atoms with Gasteiger partial charge in [-0.1, -0.05) is 0 Å². The van der Waals surface area contributed by atoms with Crippen LogP contribution in [0.15, 0.2) is 40.4 Å². The fraction of sp³-hybridized carbons (Fsp3) is 0. The number of hydrogen-bond donors (Lipinski definition) is 0. The first-order valence-corrected chi connectivity index (χ1v) is 5.56. The standard InChI is InChI=1S/C11H6FN3OS/c12-8-3-1-7(2-4-8)10-14-15-11(16-10)9-5-13-6-17-9/h1-6H/i6D. The van der Waals surface area contributed by atoms with Crippen LogP contribution in [0.2, 0.25) is 0 Å². The van der Waals surface area contributed by atoms with Gasteiger partial charge >= 0.3 is 0 Å². The molecule has 2 aromatic heterocycles. The van der Waals surface area contributed by atoms with E-state index in [0.717, 1.165) is 11.3 Å². The Morgan fingerprint density at radius 1 is 1.18 bits per heavy atom. The van der Waals surface area contributed by atoms with E-state index < -0.39 is 0 Å². The molecule has 0 amide bonds. The molecule has 0 saturated heterocycles. The van der Waals surface area contributed by atoms with E-state index in [2.05, 4.69) is 15.2 Å². The third-order valence-electron chi connectivity index (χ3n) is 2.12. The molecule has 6 heteroatoms. The van der Waals surface area contributed by atoms with Crippen molar-refractivity contribution in [2.75, 3.05) is 0 Å². The van der Waals surface area contributed by atoms with E-state index in [4.69, 9.17) is 5.79 Å². The van der Waals surface area contributed by atoms with Crippen molar-refractivity contribution in [1.82, 2.24) is 15.2 Å². The molecule has 0 aliphatic heterocycles. The SMILES string of the molecule is [2H]c1ncc(-c2nnc(-c3ccc(F)cc3)o2)s1. The maximum atomic E-state index is 12.8. The molecule has 3 aromatic rings. The molecule has 17 heavy (non-hydrogen) atoms. The smallest absolute Gasteiger partial charge is 0.259 e. The van der Waals surface area contributed by atoms with E-state index in [1.165, 1.54) is 18.3 Å². The van der Waals surface area contributed by atoms with Crippen molar-refractivity contribution in [3.8, 4) is 22.2 Å². The third kappa shape index (κ3) is 1.94. The van der Waals surface area contributed by atoms with Crippen LogP contribution >= 0.6 is 11.3 Å². The topological polar surface area (TPSA) is 51.8 Å². The Bertz CT molecular complexity index is 680. The molecule has 0 radical (unpaired) electrons. The molecule has 0 bridgehead atoms. The minimum atomic E-state index is -0.320. The predicted molar refractivity (Wildman–Crippen MR) is 60.8 cm³/mol. The van der Waals surface area contributed by atoms with Gasteiger partial charge in [0.25, 0.3) is 5.89 Å². The molecular weight excluding hydrogens is 241 g/mol. The highest BCUT2D eigenvalue weighted by atomic mass is 32.1. The Morgan fingerprint density at radius 2 is 1.94 bits per heavy atom. The van der Waals surface area contributed by atoms with E-state index in [0.29, 0.717) is 22.2 Å². The van der Waals surface area contributed by atoms with Gasteiger partial charge in [0.15, 0.2) is 0 Å². The maximum Gasteiger partial charge on any atom is 0.259 e.